The van der Waals surface area contributed by atoms with Gasteiger partial charge in [0.25, 0.3) is 0 Å². The van der Waals surface area contributed by atoms with E-state index in [1.807, 2.05) is 0 Å². The zero-order valence-corrected chi connectivity index (χ0v) is 8.62. The van der Waals surface area contributed by atoms with Gasteiger partial charge in [-0.2, -0.15) is 12.6 Å². The summed E-state index contributed by atoms with van der Waals surface area (Å²) in [4.78, 5) is 11.1. The Morgan fingerprint density at radius 1 is 1.33 bits per heavy atom. The molecule has 0 aliphatic rings. The molecule has 0 saturated carbocycles. The lowest BCUT2D eigenvalue weighted by Crippen LogP contribution is -2.20. The van der Waals surface area contributed by atoms with E-state index < -0.39 is 28.6 Å². The molecule has 1 atom stereocenters. The summed E-state index contributed by atoms with van der Waals surface area (Å²) in [5.74, 6) is -4.79. The highest BCUT2D eigenvalue weighted by Gasteiger charge is 2.13. The van der Waals surface area contributed by atoms with Gasteiger partial charge in [0, 0.05) is 17.8 Å². The van der Waals surface area contributed by atoms with E-state index in [0.717, 1.165) is 0 Å². The number of nitrogens with one attached hydrogen (secondary N) is 1. The van der Waals surface area contributed by atoms with Crippen molar-refractivity contribution in [3.63, 3.8) is 0 Å². The second kappa shape index (κ2) is 4.57. The van der Waals surface area contributed by atoms with Crippen molar-refractivity contribution in [2.24, 2.45) is 0 Å². The Hall–Kier alpha value is -1.17. The number of rotatable bonds is 2. The minimum absolute atomic E-state index is 0.141. The SMILES string of the molecule is CC(S)C(=O)Nc1cc(F)c(F)c(F)c1. The molecular weight excluding hydrogens is 227 g/mol. The molecule has 1 aromatic carbocycles. The Morgan fingerprint density at radius 3 is 2.20 bits per heavy atom. The van der Waals surface area contributed by atoms with E-state index in [2.05, 4.69) is 17.9 Å². The van der Waals surface area contributed by atoms with Crippen molar-refractivity contribution in [1.82, 2.24) is 0 Å². The number of halogens is 3. The maximum absolute atomic E-state index is 12.7. The Labute approximate surface area is 89.9 Å². The fourth-order valence-corrected chi connectivity index (χ4v) is 0.939. The lowest BCUT2D eigenvalue weighted by atomic mass is 10.2. The first-order valence-electron chi connectivity index (χ1n) is 4.05. The van der Waals surface area contributed by atoms with Crippen molar-refractivity contribution in [2.45, 2.75) is 12.2 Å². The van der Waals surface area contributed by atoms with E-state index in [1.165, 1.54) is 6.92 Å². The van der Waals surface area contributed by atoms with E-state index in [0.29, 0.717) is 12.1 Å². The molecular formula is C9H8F3NOS. The normalized spacial score (nSPS) is 12.3. The first kappa shape index (κ1) is 11.9. The van der Waals surface area contributed by atoms with Gasteiger partial charge in [0.2, 0.25) is 5.91 Å². The van der Waals surface area contributed by atoms with Crippen LogP contribution in [0.1, 0.15) is 6.92 Å². The highest BCUT2D eigenvalue weighted by atomic mass is 32.1. The molecule has 0 radical (unpaired) electrons. The summed E-state index contributed by atoms with van der Waals surface area (Å²) < 4.78 is 37.9. The lowest BCUT2D eigenvalue weighted by molar-refractivity contribution is -0.115. The molecule has 1 N–H and O–H groups in total. The molecule has 0 fully saturated rings. The zero-order valence-electron chi connectivity index (χ0n) is 7.72. The minimum atomic E-state index is -1.56. The van der Waals surface area contributed by atoms with Gasteiger partial charge >= 0.3 is 0 Å². The van der Waals surface area contributed by atoms with Gasteiger partial charge in [-0.25, -0.2) is 13.2 Å². The van der Waals surface area contributed by atoms with Crippen LogP contribution in [0.4, 0.5) is 18.9 Å². The van der Waals surface area contributed by atoms with Gasteiger partial charge in [-0.3, -0.25) is 4.79 Å². The van der Waals surface area contributed by atoms with Crippen LogP contribution < -0.4 is 5.32 Å². The van der Waals surface area contributed by atoms with Crippen LogP contribution in [0.3, 0.4) is 0 Å². The molecule has 0 spiro atoms. The van der Waals surface area contributed by atoms with Crippen LogP contribution in [0.2, 0.25) is 0 Å². The zero-order chi connectivity index (χ0) is 11.6. The summed E-state index contributed by atoms with van der Waals surface area (Å²) in [6, 6.07) is 1.40. The van der Waals surface area contributed by atoms with Crippen LogP contribution in [-0.2, 0) is 4.79 Å². The van der Waals surface area contributed by atoms with Crippen molar-refractivity contribution in [3.8, 4) is 0 Å². The average molecular weight is 235 g/mol. The molecule has 2 nitrogen and oxygen atoms in total. The molecule has 1 aromatic rings. The standard InChI is InChI=1S/C9H8F3NOS/c1-4(15)9(14)13-5-2-6(10)8(12)7(11)3-5/h2-4,15H,1H3,(H,13,14). The Balaban J connectivity index is 2.93. The molecule has 0 heterocycles. The fraction of sp³-hybridized carbons (Fsp3) is 0.222. The summed E-state index contributed by atoms with van der Waals surface area (Å²) >= 11 is 3.82. The molecule has 0 bridgehead atoms. The molecule has 0 aliphatic carbocycles. The lowest BCUT2D eigenvalue weighted by Gasteiger charge is -2.07. The van der Waals surface area contributed by atoms with Crippen LogP contribution in [0.5, 0.6) is 0 Å². The summed E-state index contributed by atoms with van der Waals surface area (Å²) in [5.41, 5.74) is -0.141. The number of benzene rings is 1. The third kappa shape index (κ3) is 2.89. The first-order valence-corrected chi connectivity index (χ1v) is 4.57. The number of anilines is 1. The quantitative estimate of drug-likeness (QED) is 0.598. The van der Waals surface area contributed by atoms with Gasteiger partial charge in [-0.15, -0.1) is 0 Å². The molecule has 15 heavy (non-hydrogen) atoms. The van der Waals surface area contributed by atoms with Crippen LogP contribution in [-0.4, -0.2) is 11.2 Å². The van der Waals surface area contributed by atoms with Gasteiger partial charge in [-0.05, 0) is 6.92 Å². The number of thiol groups is 1. The van der Waals surface area contributed by atoms with Gasteiger partial charge < -0.3 is 5.32 Å². The van der Waals surface area contributed by atoms with E-state index >= 15 is 0 Å². The van der Waals surface area contributed by atoms with Crippen LogP contribution in [0, 0.1) is 17.5 Å². The van der Waals surface area contributed by atoms with Crippen molar-refractivity contribution < 1.29 is 18.0 Å². The minimum Gasteiger partial charge on any atom is -0.325 e. The van der Waals surface area contributed by atoms with Crippen molar-refractivity contribution in [3.05, 3.63) is 29.6 Å². The summed E-state index contributed by atoms with van der Waals surface area (Å²) in [6.07, 6.45) is 0. The molecule has 1 rings (SSSR count). The summed E-state index contributed by atoms with van der Waals surface area (Å²) in [7, 11) is 0. The average Bonchev–Trinajstić information content (AvgIpc) is 2.13. The molecule has 0 saturated heterocycles. The maximum Gasteiger partial charge on any atom is 0.236 e. The topological polar surface area (TPSA) is 29.1 Å². The van der Waals surface area contributed by atoms with Crippen LogP contribution in [0.15, 0.2) is 12.1 Å². The Kier molecular flexibility index (Phi) is 3.62. The monoisotopic (exact) mass is 235 g/mol. The van der Waals surface area contributed by atoms with E-state index in [-0.39, 0.29) is 5.69 Å². The van der Waals surface area contributed by atoms with Gasteiger partial charge in [-0.1, -0.05) is 0 Å². The predicted octanol–water partition coefficient (Wildman–Crippen LogP) is 2.36. The largest absolute Gasteiger partial charge is 0.325 e. The molecule has 6 heteroatoms. The highest BCUT2D eigenvalue weighted by Crippen LogP contribution is 2.17. The number of carbonyl (C=O) groups excluding carboxylic acids is 1. The number of amides is 1. The van der Waals surface area contributed by atoms with Crippen LogP contribution >= 0.6 is 12.6 Å². The van der Waals surface area contributed by atoms with Crippen molar-refractivity contribution in [1.29, 1.82) is 0 Å². The number of hydrogen-bond donors (Lipinski definition) is 2. The predicted molar refractivity (Wildman–Crippen MR) is 53.4 cm³/mol. The van der Waals surface area contributed by atoms with Crippen molar-refractivity contribution in [2.75, 3.05) is 5.32 Å². The van der Waals surface area contributed by atoms with Gasteiger partial charge in [0.05, 0.1) is 5.25 Å². The number of hydrogen-bond acceptors (Lipinski definition) is 2. The van der Waals surface area contributed by atoms with E-state index in [1.54, 1.807) is 0 Å². The highest BCUT2D eigenvalue weighted by molar-refractivity contribution is 7.81. The smallest absolute Gasteiger partial charge is 0.236 e. The van der Waals surface area contributed by atoms with Crippen LogP contribution in [0.25, 0.3) is 0 Å². The van der Waals surface area contributed by atoms with E-state index in [4.69, 9.17) is 0 Å². The summed E-state index contributed by atoms with van der Waals surface area (Å²) in [6.45, 7) is 1.49. The molecule has 1 amide bonds. The molecule has 0 aromatic heterocycles. The van der Waals surface area contributed by atoms with E-state index in [9.17, 15) is 18.0 Å². The fourth-order valence-electron chi connectivity index (χ4n) is 0.874. The molecule has 0 aliphatic heterocycles. The second-order valence-electron chi connectivity index (χ2n) is 2.92. The van der Waals surface area contributed by atoms with Gasteiger partial charge in [0.1, 0.15) is 0 Å². The van der Waals surface area contributed by atoms with Crippen molar-refractivity contribution >= 4 is 24.2 Å². The van der Waals surface area contributed by atoms with Gasteiger partial charge in [0.15, 0.2) is 17.5 Å². The molecule has 1 unspecified atom stereocenters. The molecule has 82 valence electrons. The first-order chi connectivity index (χ1) is 6.91. The second-order valence-corrected chi connectivity index (χ2v) is 3.69. The summed E-state index contributed by atoms with van der Waals surface area (Å²) in [5, 5.41) is 1.56. The number of carbonyl (C=O) groups is 1. The third-order valence-corrected chi connectivity index (χ3v) is 1.87. The Bertz CT molecular complexity index is 372. The third-order valence-electron chi connectivity index (χ3n) is 1.63. The Morgan fingerprint density at radius 2 is 1.80 bits per heavy atom. The maximum atomic E-state index is 12.7.